The Balaban J connectivity index is 0.939. The number of carbonyl (C=O) groups is 5. The highest BCUT2D eigenvalue weighted by atomic mass is 32.2. The highest BCUT2D eigenvalue weighted by Gasteiger charge is 2.54. The zero-order valence-electron chi connectivity index (χ0n) is 42.0. The Bertz CT molecular complexity index is 2730. The molecule has 0 radical (unpaired) electrons. The number of amides is 4. The molecule has 1 unspecified atom stereocenters. The number of nitrogens with zero attached hydrogens (tertiary/aromatic N) is 5. The van der Waals surface area contributed by atoms with E-state index in [0.29, 0.717) is 78.1 Å². The summed E-state index contributed by atoms with van der Waals surface area (Å²) in [6.45, 7) is 1.93. The first-order chi connectivity index (χ1) is 34.0. The second kappa shape index (κ2) is 24.0. The van der Waals surface area contributed by atoms with Crippen LogP contribution in [0, 0.1) is 13.8 Å². The predicted octanol–water partition coefficient (Wildman–Crippen LogP) is 5.25. The number of benzene rings is 1. The van der Waals surface area contributed by atoms with Crippen molar-refractivity contribution in [2.75, 3.05) is 66.7 Å². The van der Waals surface area contributed by atoms with Crippen LogP contribution in [-0.4, -0.2) is 156 Å². The quantitative estimate of drug-likeness (QED) is 0.0255. The summed E-state index contributed by atoms with van der Waals surface area (Å²) >= 11 is 0. The summed E-state index contributed by atoms with van der Waals surface area (Å²) in [6.07, 6.45) is 11.5. The number of imide groups is 1. The van der Waals surface area contributed by atoms with Gasteiger partial charge in [-0.15, -0.1) is 5.06 Å². The Labute approximate surface area is 420 Å². The van der Waals surface area contributed by atoms with Crippen molar-refractivity contribution in [2.45, 2.75) is 90.5 Å². The molecule has 6 rings (SSSR count). The summed E-state index contributed by atoms with van der Waals surface area (Å²) in [4.78, 5) is 71.0. The number of aryl methyl sites for hydroxylation is 2. The summed E-state index contributed by atoms with van der Waals surface area (Å²) < 4.78 is 76.0. The van der Waals surface area contributed by atoms with Crippen LogP contribution in [0.3, 0.4) is 0 Å². The van der Waals surface area contributed by atoms with Crippen LogP contribution in [0.5, 0.6) is 5.75 Å². The molecule has 2 aromatic heterocycles. The van der Waals surface area contributed by atoms with E-state index in [0.717, 1.165) is 50.7 Å². The van der Waals surface area contributed by atoms with E-state index >= 15 is 8.63 Å². The molecule has 0 spiro atoms. The van der Waals surface area contributed by atoms with Gasteiger partial charge in [-0.3, -0.25) is 23.7 Å². The molecule has 72 heavy (non-hydrogen) atoms. The molecule has 1 atom stereocenters. The molecule has 5 heterocycles. The van der Waals surface area contributed by atoms with Gasteiger partial charge in [0.05, 0.1) is 34.3 Å². The second-order valence-electron chi connectivity index (χ2n) is 19.7. The zero-order chi connectivity index (χ0) is 52.4. The van der Waals surface area contributed by atoms with Gasteiger partial charge in [0.25, 0.3) is 21.9 Å². The average Bonchev–Trinajstić information content (AvgIpc) is 4.07. The fraction of sp³-hybridized carbons (Fsp3) is 0.480. The van der Waals surface area contributed by atoms with E-state index in [1.807, 2.05) is 50.1 Å². The second-order valence-corrected chi connectivity index (χ2v) is 21.2. The van der Waals surface area contributed by atoms with Gasteiger partial charge in [0.2, 0.25) is 11.8 Å². The number of quaternary nitrogens is 1. The molecule has 4 amide bonds. The fourth-order valence-electron chi connectivity index (χ4n) is 8.86. The van der Waals surface area contributed by atoms with Crippen LogP contribution in [-0.2, 0) is 38.9 Å². The number of nitrogens with one attached hydrogen (secondary N) is 3. The summed E-state index contributed by atoms with van der Waals surface area (Å²) in [5.74, 6) is -3.57. The van der Waals surface area contributed by atoms with Gasteiger partial charge in [-0.2, -0.15) is 8.42 Å². The van der Waals surface area contributed by atoms with Crippen LogP contribution in [0.4, 0.5) is 8.63 Å². The van der Waals surface area contributed by atoms with E-state index in [2.05, 4.69) is 36.8 Å². The highest BCUT2D eigenvalue weighted by Crippen LogP contribution is 2.40. The van der Waals surface area contributed by atoms with E-state index in [1.54, 1.807) is 42.5 Å². The largest absolute Gasteiger partial charge is 0.737 e. The zero-order valence-corrected chi connectivity index (χ0v) is 42.9. The SMILES string of the molecule is Cc1ccc(C2=[N+]3C(=Cc4c(C)cc(/C=C/c5ccc(OCCCC(=O)NC(CS(=O)(=O)O)C(=O)NCCCN(C)CCCCCC(=O)ON6C(=O)CCC6=O)cc5)n4[B-]3(F)F)C(CCC[N+](C)(C)C)=C2)[nH]1. The van der Waals surface area contributed by atoms with Crippen LogP contribution in [0.25, 0.3) is 18.2 Å². The molecule has 1 saturated heterocycles. The van der Waals surface area contributed by atoms with Crippen molar-refractivity contribution in [3.8, 4) is 5.75 Å². The Morgan fingerprint density at radius 2 is 1.65 bits per heavy atom. The Morgan fingerprint density at radius 3 is 2.32 bits per heavy atom. The molecular formula is C50H68BF2N8O10S+. The number of hydrogen-bond acceptors (Lipinski definition) is 10. The van der Waals surface area contributed by atoms with Crippen molar-refractivity contribution in [3.05, 3.63) is 93.7 Å². The Hall–Kier alpha value is -6.23. The van der Waals surface area contributed by atoms with Crippen molar-refractivity contribution in [1.29, 1.82) is 0 Å². The molecule has 0 saturated carbocycles. The van der Waals surface area contributed by atoms with E-state index in [-0.39, 0.29) is 45.3 Å². The molecule has 4 N–H and O–H groups in total. The number of rotatable bonds is 27. The number of allylic oxidation sites excluding steroid dienone is 2. The third-order valence-electron chi connectivity index (χ3n) is 12.6. The number of hydrogen-bond donors (Lipinski definition) is 4. The smallest absolute Gasteiger partial charge is 0.494 e. The lowest BCUT2D eigenvalue weighted by atomic mass is 9.88. The first kappa shape index (κ1) is 55.1. The summed E-state index contributed by atoms with van der Waals surface area (Å²) in [7, 11) is 3.62. The predicted molar refractivity (Wildman–Crippen MR) is 270 cm³/mol. The highest BCUT2D eigenvalue weighted by molar-refractivity contribution is 7.85. The number of aromatic amines is 1. The van der Waals surface area contributed by atoms with E-state index in [9.17, 15) is 36.9 Å². The van der Waals surface area contributed by atoms with Crippen molar-refractivity contribution < 1.29 is 64.1 Å². The summed E-state index contributed by atoms with van der Waals surface area (Å²) in [6, 6.07) is 11.0. The number of fused-ring (bicyclic) bond motifs is 2. The van der Waals surface area contributed by atoms with E-state index in [1.165, 1.54) is 4.49 Å². The summed E-state index contributed by atoms with van der Waals surface area (Å²) in [5, 5.41) is 5.55. The summed E-state index contributed by atoms with van der Waals surface area (Å²) in [5.41, 5.74) is 5.70. The topological polar surface area (TPSA) is 212 Å². The van der Waals surface area contributed by atoms with Crippen molar-refractivity contribution >= 4 is 70.6 Å². The molecule has 0 aliphatic carbocycles. The average molecular weight is 1020 g/mol. The lowest BCUT2D eigenvalue weighted by Crippen LogP contribution is -2.51. The number of H-pyrrole nitrogens is 1. The molecule has 3 aliphatic rings. The molecule has 390 valence electrons. The van der Waals surface area contributed by atoms with E-state index < -0.39 is 58.5 Å². The van der Waals surface area contributed by atoms with Crippen molar-refractivity contribution in [2.24, 2.45) is 0 Å². The number of unbranched alkanes of at least 4 members (excludes halogenated alkanes) is 2. The van der Waals surface area contributed by atoms with Crippen molar-refractivity contribution in [1.82, 2.24) is 30.1 Å². The van der Waals surface area contributed by atoms with Crippen LogP contribution in [0.15, 0.2) is 59.8 Å². The minimum atomic E-state index is -4.62. The minimum absolute atomic E-state index is 0.0325. The number of halogens is 2. The van der Waals surface area contributed by atoms with Crippen LogP contribution < -0.4 is 15.4 Å². The van der Waals surface area contributed by atoms with Gasteiger partial charge < -0.3 is 52.2 Å². The third kappa shape index (κ3) is 15.2. The fourth-order valence-corrected chi connectivity index (χ4v) is 9.52. The number of hydroxylamine groups is 2. The molecule has 0 bridgehead atoms. The molecule has 3 aliphatic heterocycles. The normalized spacial score (nSPS) is 16.0. The third-order valence-corrected chi connectivity index (χ3v) is 13.3. The van der Waals surface area contributed by atoms with Gasteiger partial charge in [0.15, 0.2) is 11.4 Å². The number of carbonyl (C=O) groups excluding carboxylic acids is 5. The lowest BCUT2D eigenvalue weighted by molar-refractivity contribution is -0.870. The minimum Gasteiger partial charge on any atom is -0.494 e. The Morgan fingerprint density at radius 1 is 0.944 bits per heavy atom. The van der Waals surface area contributed by atoms with Crippen LogP contribution >= 0.6 is 0 Å². The van der Waals surface area contributed by atoms with Crippen molar-refractivity contribution in [3.63, 3.8) is 0 Å². The maximum atomic E-state index is 17.1. The van der Waals surface area contributed by atoms with Crippen LogP contribution in [0.2, 0.25) is 0 Å². The molecule has 1 aromatic carbocycles. The van der Waals surface area contributed by atoms with Gasteiger partial charge in [0.1, 0.15) is 23.2 Å². The maximum absolute atomic E-state index is 17.1. The maximum Gasteiger partial charge on any atom is 0.737 e. The molecule has 18 nitrogen and oxygen atoms in total. The number of aromatic nitrogens is 2. The molecule has 3 aromatic rings. The van der Waals surface area contributed by atoms with Gasteiger partial charge >= 0.3 is 12.9 Å². The molecule has 1 fully saturated rings. The van der Waals surface area contributed by atoms with Gasteiger partial charge in [-0.05, 0) is 114 Å². The van der Waals surface area contributed by atoms with Crippen LogP contribution in [0.1, 0.15) is 105 Å². The van der Waals surface area contributed by atoms with Gasteiger partial charge in [-0.25, -0.2) is 4.79 Å². The Kier molecular flexibility index (Phi) is 18.4. The van der Waals surface area contributed by atoms with Gasteiger partial charge in [0, 0.05) is 73.5 Å². The lowest BCUT2D eigenvalue weighted by Gasteiger charge is -2.31. The standard InChI is InChI=1S/C50H67BF2N8O10S/c1-35-31-39(58-43(35)33-44-38(13-10-29-61(4,5)6)32-45(59(44)51(58,52)53)41-23-16-36(2)55-41)20-17-37-18-21-40(22-19-37)70-30-11-14-46(62)56-42(34-72(67,68)69)50(66)54-26-12-28-57(3)27-9-7-8-15-49(65)71-60-47(63)24-25-48(60)64/h16-23,31-33,42,55H,7-15,24-30,34H2,1-6H3,(H2-,54,56,62,66,67,68,69)/p+1/b20-17+. The number of ether oxygens (including phenoxy) is 1. The molecular weight excluding hydrogens is 953 g/mol. The molecule has 22 heteroatoms. The first-order valence-corrected chi connectivity index (χ1v) is 26.1. The first-order valence-electron chi connectivity index (χ1n) is 24.5. The van der Waals surface area contributed by atoms with Gasteiger partial charge in [-0.1, -0.05) is 24.6 Å². The van der Waals surface area contributed by atoms with E-state index in [4.69, 9.17) is 9.57 Å². The monoisotopic (exact) mass is 1020 g/mol.